The molecule has 0 spiro atoms. The molecule has 0 atom stereocenters. The number of halogens is 2. The Morgan fingerprint density at radius 2 is 1.20 bits per heavy atom. The highest BCUT2D eigenvalue weighted by Crippen LogP contribution is 2.58. The van der Waals surface area contributed by atoms with Crippen molar-refractivity contribution in [3.8, 4) is 0 Å². The summed E-state index contributed by atoms with van der Waals surface area (Å²) in [5.41, 5.74) is 1.71. The monoisotopic (exact) mass is 391 g/mol. The third kappa shape index (κ3) is 4.65. The number of hydrogen-bond acceptors (Lipinski definition) is 1. The molecule has 1 saturated heterocycles. The van der Waals surface area contributed by atoms with Crippen LogP contribution in [0.1, 0.15) is 24.0 Å². The van der Waals surface area contributed by atoms with Gasteiger partial charge < -0.3 is 0 Å². The van der Waals surface area contributed by atoms with Gasteiger partial charge in [0.05, 0.1) is 10.1 Å². The number of benzene rings is 2. The highest BCUT2D eigenvalue weighted by Gasteiger charge is 2.30. The summed E-state index contributed by atoms with van der Waals surface area (Å²) in [5, 5.41) is 0.981. The maximum Gasteiger partial charge on any atom is 0.196 e. The van der Waals surface area contributed by atoms with Crippen molar-refractivity contribution in [2.75, 3.05) is 13.1 Å². The van der Waals surface area contributed by atoms with E-state index in [1.165, 1.54) is 0 Å². The molecule has 130 valence electrons. The lowest BCUT2D eigenvalue weighted by Crippen LogP contribution is -2.13. The molecule has 0 saturated carbocycles. The van der Waals surface area contributed by atoms with E-state index < -0.39 is 7.29 Å². The van der Waals surface area contributed by atoms with Gasteiger partial charge in [-0.15, -0.1) is 0 Å². The first-order chi connectivity index (χ1) is 12.1. The maximum atomic E-state index is 13.8. The Morgan fingerprint density at radius 1 is 0.800 bits per heavy atom. The Bertz CT molecular complexity index is 753. The summed E-state index contributed by atoms with van der Waals surface area (Å²) in [6, 6.07) is 19.2. The topological polar surface area (TPSA) is 20.3 Å². The highest BCUT2D eigenvalue weighted by atomic mass is 35.5. The molecule has 2 aromatic carbocycles. The minimum atomic E-state index is -2.96. The van der Waals surface area contributed by atoms with E-state index in [0.717, 1.165) is 37.1 Å². The molecule has 2 nitrogen and oxygen atoms in total. The van der Waals surface area contributed by atoms with E-state index in [0.29, 0.717) is 10.1 Å². The van der Waals surface area contributed by atoms with E-state index in [2.05, 4.69) is 0 Å². The van der Waals surface area contributed by atoms with Gasteiger partial charge in [-0.3, -0.25) is 4.57 Å². The van der Waals surface area contributed by atoms with Crippen molar-refractivity contribution in [2.24, 2.45) is 0 Å². The van der Waals surface area contributed by atoms with Crippen molar-refractivity contribution in [3.05, 3.63) is 83.4 Å². The van der Waals surface area contributed by atoms with Gasteiger partial charge in [-0.25, -0.2) is 4.67 Å². The number of rotatable bonds is 5. The van der Waals surface area contributed by atoms with E-state index in [1.807, 2.05) is 65.3 Å². The SMILES string of the molecule is O=P(C=C(Cl)c1ccccc1)(C=C(Cl)c1ccccc1)N1CCCC1. The lowest BCUT2D eigenvalue weighted by Gasteiger charge is -2.23. The fraction of sp³-hybridized carbons (Fsp3) is 0.200. The second-order valence-electron chi connectivity index (χ2n) is 6.02. The van der Waals surface area contributed by atoms with E-state index in [9.17, 15) is 4.57 Å². The van der Waals surface area contributed by atoms with Gasteiger partial charge in [0.25, 0.3) is 0 Å². The molecule has 0 radical (unpaired) electrons. The van der Waals surface area contributed by atoms with Crippen LogP contribution in [0.4, 0.5) is 0 Å². The summed E-state index contributed by atoms with van der Waals surface area (Å²) in [6.07, 6.45) is 2.08. The molecule has 0 bridgehead atoms. The molecule has 3 rings (SSSR count). The minimum absolute atomic E-state index is 0.490. The van der Waals surface area contributed by atoms with Gasteiger partial charge in [0.2, 0.25) is 0 Å². The first kappa shape index (κ1) is 18.5. The first-order valence-electron chi connectivity index (χ1n) is 8.31. The molecule has 0 aliphatic carbocycles. The molecule has 0 unspecified atom stereocenters. The maximum absolute atomic E-state index is 13.8. The zero-order chi connectivity index (χ0) is 17.7. The molecule has 0 N–H and O–H groups in total. The van der Waals surface area contributed by atoms with E-state index in [1.54, 1.807) is 11.6 Å². The molecule has 25 heavy (non-hydrogen) atoms. The van der Waals surface area contributed by atoms with Crippen LogP contribution in [0, 0.1) is 0 Å². The molecule has 1 aliphatic heterocycles. The van der Waals surface area contributed by atoms with Gasteiger partial charge in [-0.1, -0.05) is 83.9 Å². The summed E-state index contributed by atoms with van der Waals surface area (Å²) < 4.78 is 15.8. The average molecular weight is 392 g/mol. The summed E-state index contributed by atoms with van der Waals surface area (Å²) in [5.74, 6) is 3.36. The van der Waals surface area contributed by atoms with Gasteiger partial charge in [0, 0.05) is 24.7 Å². The summed E-state index contributed by atoms with van der Waals surface area (Å²) in [4.78, 5) is 0. The van der Waals surface area contributed by atoms with Crippen LogP contribution in [0.5, 0.6) is 0 Å². The smallest absolute Gasteiger partial charge is 0.196 e. The third-order valence-corrected chi connectivity index (χ3v) is 7.72. The summed E-state index contributed by atoms with van der Waals surface area (Å²) in [7, 11) is -2.96. The molecular weight excluding hydrogens is 372 g/mol. The molecule has 0 aromatic heterocycles. The van der Waals surface area contributed by atoms with Crippen LogP contribution >= 0.6 is 30.5 Å². The van der Waals surface area contributed by atoms with Crippen LogP contribution in [-0.2, 0) is 4.57 Å². The van der Waals surface area contributed by atoms with Crippen LogP contribution < -0.4 is 0 Å². The summed E-state index contributed by atoms with van der Waals surface area (Å²) >= 11 is 13.0. The Labute approximate surface area is 159 Å². The van der Waals surface area contributed by atoms with E-state index >= 15 is 0 Å². The third-order valence-electron chi connectivity index (χ3n) is 4.22. The molecule has 1 fully saturated rings. The standard InChI is InChI=1S/C20H20Cl2NOP/c21-19(17-9-3-1-4-10-17)15-25(24,23-13-7-8-14-23)16-20(22)18-11-5-2-6-12-18/h1-6,9-12,15-16H,7-8,13-14H2. The molecule has 5 heteroatoms. The number of nitrogens with zero attached hydrogens (tertiary/aromatic N) is 1. The van der Waals surface area contributed by atoms with Gasteiger partial charge in [-0.2, -0.15) is 0 Å². The van der Waals surface area contributed by atoms with Gasteiger partial charge in [-0.05, 0) is 24.0 Å². The van der Waals surface area contributed by atoms with Gasteiger partial charge in [0.1, 0.15) is 0 Å². The molecule has 1 heterocycles. The molecule has 1 aliphatic rings. The normalized spacial score (nSPS) is 19.0. The molecule has 2 aromatic rings. The quantitative estimate of drug-likeness (QED) is 0.520. The predicted molar refractivity (Wildman–Crippen MR) is 109 cm³/mol. The average Bonchev–Trinajstić information content (AvgIpc) is 3.18. The van der Waals surface area contributed by atoms with Crippen molar-refractivity contribution < 1.29 is 4.57 Å². The van der Waals surface area contributed by atoms with Crippen molar-refractivity contribution in [2.45, 2.75) is 12.8 Å². The van der Waals surface area contributed by atoms with Crippen LogP contribution in [0.2, 0.25) is 0 Å². The predicted octanol–water partition coefficient (Wildman–Crippen LogP) is 6.84. The van der Waals surface area contributed by atoms with Crippen LogP contribution in [-0.4, -0.2) is 17.8 Å². The number of hydrogen-bond donors (Lipinski definition) is 0. The Morgan fingerprint density at radius 3 is 1.60 bits per heavy atom. The first-order valence-corrected chi connectivity index (χ1v) is 10.9. The zero-order valence-electron chi connectivity index (χ0n) is 13.8. The second-order valence-corrected chi connectivity index (χ2v) is 9.26. The van der Waals surface area contributed by atoms with Crippen molar-refractivity contribution >= 4 is 40.6 Å². The second kappa shape index (κ2) is 8.38. The van der Waals surface area contributed by atoms with E-state index in [4.69, 9.17) is 23.2 Å². The Balaban J connectivity index is 2.01. The van der Waals surface area contributed by atoms with E-state index in [-0.39, 0.29) is 0 Å². The molecular formula is C20H20Cl2NOP. The van der Waals surface area contributed by atoms with Crippen molar-refractivity contribution in [1.29, 1.82) is 0 Å². The minimum Gasteiger partial charge on any atom is -0.297 e. The fourth-order valence-electron chi connectivity index (χ4n) is 2.88. The van der Waals surface area contributed by atoms with Crippen molar-refractivity contribution in [3.63, 3.8) is 0 Å². The van der Waals surface area contributed by atoms with Gasteiger partial charge >= 0.3 is 0 Å². The lowest BCUT2D eigenvalue weighted by molar-refractivity contribution is 0.491. The summed E-state index contributed by atoms with van der Waals surface area (Å²) in [6.45, 7) is 1.59. The Hall–Kier alpha value is -1.31. The van der Waals surface area contributed by atoms with Crippen LogP contribution in [0.15, 0.2) is 72.3 Å². The fourth-order valence-corrected chi connectivity index (χ4v) is 6.23. The van der Waals surface area contributed by atoms with Crippen LogP contribution in [0.3, 0.4) is 0 Å². The van der Waals surface area contributed by atoms with Gasteiger partial charge in [0.15, 0.2) is 7.29 Å². The molecule has 0 amide bonds. The van der Waals surface area contributed by atoms with Crippen LogP contribution in [0.25, 0.3) is 10.1 Å². The van der Waals surface area contributed by atoms with Crippen molar-refractivity contribution in [1.82, 2.24) is 4.67 Å². The Kier molecular flexibility index (Phi) is 6.19. The lowest BCUT2D eigenvalue weighted by atomic mass is 10.2. The zero-order valence-corrected chi connectivity index (χ0v) is 16.2. The largest absolute Gasteiger partial charge is 0.297 e. The highest BCUT2D eigenvalue weighted by molar-refractivity contribution is 7.68.